The third kappa shape index (κ3) is 4.97. The smallest absolute Gasteiger partial charge is 0.255 e. The van der Waals surface area contributed by atoms with E-state index in [9.17, 15) is 9.18 Å². The van der Waals surface area contributed by atoms with Crippen LogP contribution in [0.25, 0.3) is 11.4 Å². The van der Waals surface area contributed by atoms with Crippen LogP contribution in [0, 0.1) is 19.7 Å². The summed E-state index contributed by atoms with van der Waals surface area (Å²) in [6.07, 6.45) is 7.76. The fourth-order valence-electron chi connectivity index (χ4n) is 5.27. The Morgan fingerprint density at radius 2 is 2.05 bits per heavy atom. The Bertz CT molecular complexity index is 1580. The predicted molar refractivity (Wildman–Crippen MR) is 145 cm³/mol. The molecule has 1 spiro atoms. The summed E-state index contributed by atoms with van der Waals surface area (Å²) in [5.74, 6) is 2.04. The third-order valence-corrected chi connectivity index (χ3v) is 7.45. The molecule has 6 rings (SSSR count). The van der Waals surface area contributed by atoms with Crippen LogP contribution in [0.4, 0.5) is 16.0 Å². The van der Waals surface area contributed by atoms with Crippen molar-refractivity contribution in [1.82, 2.24) is 39.8 Å². The number of nitrogens with zero attached hydrogens (tertiary/aromatic N) is 7. The highest BCUT2D eigenvalue weighted by Gasteiger charge is 2.47. The van der Waals surface area contributed by atoms with Crippen molar-refractivity contribution in [2.24, 2.45) is 0 Å². The molecule has 2 aliphatic rings. The topological polar surface area (TPSA) is 127 Å². The first-order chi connectivity index (χ1) is 19.3. The molecule has 206 valence electrons. The monoisotopic (exact) mass is 543 g/mol. The maximum Gasteiger partial charge on any atom is 0.255 e. The molecule has 4 aromatic heterocycles. The van der Waals surface area contributed by atoms with Crippen LogP contribution in [-0.2, 0) is 9.53 Å². The molecule has 0 saturated carbocycles. The number of aryl methyl sites for hydroxylation is 2. The Hall–Kier alpha value is -4.45. The van der Waals surface area contributed by atoms with Crippen molar-refractivity contribution in [1.29, 1.82) is 0 Å². The van der Waals surface area contributed by atoms with Crippen molar-refractivity contribution in [3.05, 3.63) is 77.5 Å². The van der Waals surface area contributed by atoms with Gasteiger partial charge in [0.2, 0.25) is 0 Å². The zero-order chi connectivity index (χ0) is 27.9. The number of hydrogen-bond acceptors (Lipinski definition) is 8. The Labute approximate surface area is 230 Å². The molecule has 5 heterocycles. The highest BCUT2D eigenvalue weighted by Crippen LogP contribution is 2.39. The number of ether oxygens (including phenoxy) is 1. The van der Waals surface area contributed by atoms with E-state index in [1.54, 1.807) is 12.3 Å². The predicted octanol–water partition coefficient (Wildman–Crippen LogP) is 4.21. The first-order valence-electron chi connectivity index (χ1n) is 13.3. The zero-order valence-corrected chi connectivity index (χ0v) is 22.6. The van der Waals surface area contributed by atoms with E-state index in [1.807, 2.05) is 49.9 Å². The average Bonchev–Trinajstić information content (AvgIpc) is 3.57. The molecule has 12 heteroatoms. The summed E-state index contributed by atoms with van der Waals surface area (Å²) in [6.45, 7) is 6.80. The van der Waals surface area contributed by atoms with Gasteiger partial charge in [0, 0.05) is 42.7 Å². The van der Waals surface area contributed by atoms with Crippen LogP contribution in [0.15, 0.2) is 48.9 Å². The molecule has 2 atom stereocenters. The molecule has 11 nitrogen and oxygen atoms in total. The van der Waals surface area contributed by atoms with Gasteiger partial charge in [0.05, 0.1) is 25.0 Å². The Kier molecular flexibility index (Phi) is 6.62. The lowest BCUT2D eigenvalue weighted by Crippen LogP contribution is -2.57. The van der Waals surface area contributed by atoms with Gasteiger partial charge in [-0.05, 0) is 50.8 Å². The molecule has 1 aliphatic carbocycles. The molecule has 0 aromatic carbocycles. The number of morpholine rings is 1. The van der Waals surface area contributed by atoms with Crippen molar-refractivity contribution in [2.75, 3.05) is 18.5 Å². The molecular weight excluding hydrogens is 513 g/mol. The Morgan fingerprint density at radius 3 is 2.73 bits per heavy atom. The minimum Gasteiger partial charge on any atom is -0.363 e. The average molecular weight is 544 g/mol. The van der Waals surface area contributed by atoms with Crippen LogP contribution in [0.5, 0.6) is 0 Å². The number of pyridine rings is 1. The number of hydrogen-bond donors (Lipinski definition) is 2. The largest absolute Gasteiger partial charge is 0.363 e. The molecule has 1 aliphatic heterocycles. The lowest BCUT2D eigenvalue weighted by molar-refractivity contribution is -0.176. The van der Waals surface area contributed by atoms with E-state index >= 15 is 0 Å². The van der Waals surface area contributed by atoms with Gasteiger partial charge in [0.25, 0.3) is 5.91 Å². The van der Waals surface area contributed by atoms with Gasteiger partial charge in [-0.15, -0.1) is 0 Å². The lowest BCUT2D eigenvalue weighted by atomic mass is 9.82. The second-order valence-corrected chi connectivity index (χ2v) is 10.3. The first kappa shape index (κ1) is 25.8. The summed E-state index contributed by atoms with van der Waals surface area (Å²) in [5, 5.41) is 14.3. The number of carbonyl (C=O) groups is 1. The second-order valence-electron chi connectivity index (χ2n) is 10.3. The molecule has 0 radical (unpaired) electrons. The van der Waals surface area contributed by atoms with Crippen LogP contribution < -0.4 is 5.32 Å². The van der Waals surface area contributed by atoms with E-state index in [-0.39, 0.29) is 11.9 Å². The number of aromatic amines is 1. The summed E-state index contributed by atoms with van der Waals surface area (Å²) < 4.78 is 20.9. The van der Waals surface area contributed by atoms with Crippen LogP contribution >= 0.6 is 0 Å². The molecule has 2 unspecified atom stereocenters. The van der Waals surface area contributed by atoms with E-state index in [0.717, 1.165) is 28.7 Å². The number of rotatable bonds is 6. The number of anilines is 2. The molecule has 1 amide bonds. The summed E-state index contributed by atoms with van der Waals surface area (Å²) in [4.78, 5) is 29.5. The molecular formula is C28H30FN9O2. The highest BCUT2D eigenvalue weighted by atomic mass is 19.1. The van der Waals surface area contributed by atoms with Crippen molar-refractivity contribution < 1.29 is 13.9 Å². The molecule has 1 saturated heterocycles. The quantitative estimate of drug-likeness (QED) is 0.370. The van der Waals surface area contributed by atoms with Gasteiger partial charge in [-0.25, -0.2) is 24.0 Å². The SMILES string of the molecule is Cc1cc(Nc2cc(C)[nH]n2)nc(C2=CCC3(CC2)OCCN(C(C)c2ccc(-n4cc(F)cn4)nc2)C3=O)n1. The van der Waals surface area contributed by atoms with Gasteiger partial charge in [0.15, 0.2) is 28.9 Å². The number of allylic oxidation sites excluding steroid dienone is 1. The summed E-state index contributed by atoms with van der Waals surface area (Å²) in [6, 6.07) is 7.25. The number of H-pyrrole nitrogens is 1. The minimum atomic E-state index is -0.909. The number of carbonyl (C=O) groups excluding carboxylic acids is 1. The molecule has 1 fully saturated rings. The molecule has 40 heavy (non-hydrogen) atoms. The molecule has 4 aromatic rings. The van der Waals surface area contributed by atoms with Crippen molar-refractivity contribution in [3.8, 4) is 5.82 Å². The van der Waals surface area contributed by atoms with Gasteiger partial charge in [-0.2, -0.15) is 10.2 Å². The highest BCUT2D eigenvalue weighted by molar-refractivity contribution is 5.88. The van der Waals surface area contributed by atoms with Gasteiger partial charge >= 0.3 is 0 Å². The summed E-state index contributed by atoms with van der Waals surface area (Å²) in [5.41, 5.74) is 2.76. The van der Waals surface area contributed by atoms with E-state index in [1.165, 1.54) is 10.9 Å². The van der Waals surface area contributed by atoms with E-state index < -0.39 is 11.4 Å². The Balaban J connectivity index is 1.17. The van der Waals surface area contributed by atoms with E-state index in [0.29, 0.717) is 55.7 Å². The van der Waals surface area contributed by atoms with Crippen molar-refractivity contribution in [2.45, 2.75) is 51.7 Å². The minimum absolute atomic E-state index is 0.0267. The van der Waals surface area contributed by atoms with Crippen LogP contribution in [0.1, 0.15) is 55.0 Å². The Morgan fingerprint density at radius 1 is 1.18 bits per heavy atom. The van der Waals surface area contributed by atoms with Gasteiger partial charge in [-0.3, -0.25) is 9.89 Å². The van der Waals surface area contributed by atoms with Gasteiger partial charge < -0.3 is 15.0 Å². The maximum absolute atomic E-state index is 13.8. The molecule has 0 bridgehead atoms. The number of aromatic nitrogens is 7. The van der Waals surface area contributed by atoms with Crippen molar-refractivity contribution >= 4 is 23.1 Å². The fraction of sp³-hybridized carbons (Fsp3) is 0.357. The van der Waals surface area contributed by atoms with Crippen LogP contribution in [0.3, 0.4) is 0 Å². The second kappa shape index (κ2) is 10.3. The van der Waals surface area contributed by atoms with Crippen LogP contribution in [-0.4, -0.2) is 64.5 Å². The number of nitrogens with one attached hydrogen (secondary N) is 2. The van der Waals surface area contributed by atoms with Crippen LogP contribution in [0.2, 0.25) is 0 Å². The number of amides is 1. The fourth-order valence-corrected chi connectivity index (χ4v) is 5.27. The normalized spacial score (nSPS) is 20.1. The lowest BCUT2D eigenvalue weighted by Gasteiger charge is -2.45. The van der Waals surface area contributed by atoms with Gasteiger partial charge in [0.1, 0.15) is 5.82 Å². The maximum atomic E-state index is 13.8. The van der Waals surface area contributed by atoms with Crippen molar-refractivity contribution in [3.63, 3.8) is 0 Å². The standard InChI is InChI=1S/C28H30FN9O2/c1-17-12-23(33-24-13-18(2)35-36-24)34-26(32-17)20-6-8-28(9-7-20)27(39)37(10-11-40-28)19(3)21-4-5-25(30-14-21)38-16-22(29)15-31-38/h4-6,12-16,19H,7-11H2,1-3H3,(H2,32,33,34,35,36). The summed E-state index contributed by atoms with van der Waals surface area (Å²) in [7, 11) is 0. The van der Waals surface area contributed by atoms with E-state index in [2.05, 4.69) is 30.6 Å². The third-order valence-electron chi connectivity index (χ3n) is 7.45. The zero-order valence-electron chi connectivity index (χ0n) is 22.6. The van der Waals surface area contributed by atoms with Gasteiger partial charge in [-0.1, -0.05) is 12.1 Å². The summed E-state index contributed by atoms with van der Waals surface area (Å²) >= 11 is 0. The van der Waals surface area contributed by atoms with E-state index in [4.69, 9.17) is 9.72 Å². The molecule has 2 N–H and O–H groups in total. The number of halogens is 1. The first-order valence-corrected chi connectivity index (χ1v) is 13.3.